The second-order valence-electron chi connectivity index (χ2n) is 19.2. The molecule has 534 valence electrons. The molecule has 2 unspecified atom stereocenters. The Labute approximate surface area is 533 Å². The summed E-state index contributed by atoms with van der Waals surface area (Å²) in [6, 6.07) is 0. The molecule has 7 heterocycles. The highest BCUT2D eigenvalue weighted by Gasteiger charge is 2.59. The summed E-state index contributed by atoms with van der Waals surface area (Å²) in [6.45, 7) is -4.69. The Morgan fingerprint density at radius 1 is 0.548 bits per heavy atom. The van der Waals surface area contributed by atoms with Crippen LogP contribution < -0.4 is 0 Å². The lowest BCUT2D eigenvalue weighted by atomic mass is 10.0. The molecule has 0 radical (unpaired) electrons. The van der Waals surface area contributed by atoms with E-state index in [4.69, 9.17) is 69.8 Å². The minimum Gasteiger partial charge on any atom is -0.367 e. The van der Waals surface area contributed by atoms with Gasteiger partial charge in [-0.1, -0.05) is 10.4 Å². The fourth-order valence-electron chi connectivity index (χ4n) is 9.13. The van der Waals surface area contributed by atoms with Gasteiger partial charge < -0.3 is 37.9 Å². The van der Waals surface area contributed by atoms with Crippen LogP contribution >= 0.6 is 23.2 Å². The fourth-order valence-corrected chi connectivity index (χ4v) is 13.7. The molecule has 0 spiro atoms. The van der Waals surface area contributed by atoms with Gasteiger partial charge in [-0.3, -0.25) is 36.4 Å². The number of alkyl halides is 2. The number of tetrazole rings is 1. The van der Waals surface area contributed by atoms with Crippen molar-refractivity contribution in [2.24, 2.45) is 0 Å². The van der Waals surface area contributed by atoms with Crippen LogP contribution in [0.3, 0.4) is 0 Å². The summed E-state index contributed by atoms with van der Waals surface area (Å²) in [5.41, 5.74) is -0.0795. The number of ether oxygens (including phenoxy) is 8. The Balaban J connectivity index is 1.01. The minimum absolute atomic E-state index is 0.0177. The molecule has 16 atom stereocenters. The van der Waals surface area contributed by atoms with Crippen LogP contribution in [0.1, 0.15) is 36.5 Å². The van der Waals surface area contributed by atoms with Gasteiger partial charge in [0.05, 0.1) is 69.2 Å². The maximum absolute atomic E-state index is 12.1. The first-order chi connectivity index (χ1) is 42.7. The largest absolute Gasteiger partial charge is 0.397 e. The van der Waals surface area contributed by atoms with Gasteiger partial charge in [0.15, 0.2) is 30.8 Å². The van der Waals surface area contributed by atoms with E-state index in [1.807, 2.05) is 0 Å². The molecule has 8 N–H and O–H groups in total. The van der Waals surface area contributed by atoms with Crippen LogP contribution in [0.2, 0.25) is 0 Å². The van der Waals surface area contributed by atoms with Crippen LogP contribution in [0.25, 0.3) is 0 Å². The average molecular weight is 1550 g/mol. The lowest BCUT2D eigenvalue weighted by molar-refractivity contribution is -0.352. The number of nitrogens with zero attached hydrogens (tertiary/aromatic N) is 10. The van der Waals surface area contributed by atoms with E-state index in [9.17, 15) is 99.2 Å². The van der Waals surface area contributed by atoms with Crippen LogP contribution in [0.5, 0.6) is 0 Å². The van der Waals surface area contributed by atoms with Gasteiger partial charge in [-0.25, -0.2) is 42.8 Å². The second kappa shape index (κ2) is 30.4. The quantitative estimate of drug-likeness (QED) is 0.0204. The standard InChI is InChI=1S/C33H50Cl2N10O40S8/c1-70-25-3-18(79-87(49,50)51)28(82-90(58,59)60)20(74-25)8-44-6-16(37-41-44)11-72-26-4-19(80-88(52,53)54)29(83-91(61,62)63)21(75-26)9-45-39-24(38-42-45)13-71-10-15-5-43(40-36-15)7-17-2-23(81-89(55,56)57)33(14-34,77-17)78-32-31(85-93(67,68)69)30(84-92(64,65)66)27(35)22(76-32)12-73-86(46,47)48/h5-6,17-23,25-32H,2-4,7-14H2,1H3,(H,46,47,48)(H,49,50,51)(H,52,53,54)(H,55,56,57)(H,58,59,60)(H,61,62,63)(H,64,65,66)(H,67,68,69)/t17-,18+,19+,20+,21+,22+,23-,25-,26-,27-,28-,29-,30-,31?,32+,33?/m0/s1. The number of aromatic nitrogens is 10. The van der Waals surface area contributed by atoms with Gasteiger partial charge in [0, 0.05) is 26.4 Å². The molecule has 0 aliphatic carbocycles. The summed E-state index contributed by atoms with van der Waals surface area (Å²) < 4.78 is 348. The van der Waals surface area contributed by atoms with Crippen LogP contribution in [-0.4, -0.2) is 271 Å². The van der Waals surface area contributed by atoms with E-state index in [2.05, 4.69) is 65.3 Å². The third-order valence-corrected chi connectivity index (χ3v) is 17.0. The molecular formula is C33H50Cl2N10O40S8. The van der Waals surface area contributed by atoms with E-state index >= 15 is 0 Å². The monoisotopic (exact) mass is 1550 g/mol. The lowest BCUT2D eigenvalue weighted by Gasteiger charge is -2.45. The molecule has 93 heavy (non-hydrogen) atoms. The van der Waals surface area contributed by atoms with E-state index in [-0.39, 0.29) is 17.2 Å². The van der Waals surface area contributed by atoms with Crippen LogP contribution in [0.15, 0.2) is 12.4 Å². The van der Waals surface area contributed by atoms with E-state index < -0.39 is 252 Å². The van der Waals surface area contributed by atoms with Crippen LogP contribution in [-0.2, 0) is 194 Å². The SMILES string of the molecule is CO[C@@H]1C[C@@H](OS(=O)(=O)O)[C@H](OS(=O)(=O)O)[C@@H](Cn2cc(CO[C@@H]3C[C@@H](OS(=O)(=O)O)[C@H](OS(=O)(=O)O)[C@@H](Cn4nnc(COCc5cn(C[C@@H]6C[C@H](OS(=O)(=O)O)C(CCl)(O[C@H]7O[C@H](COS(=O)(=O)O)[C@H](Cl)[C@H](OS(=O)(=O)O)C7OS(=O)(=O)O)O6)nn5)n4)O3)nn2)O1. The number of hydrogen-bond acceptors (Lipinski definition) is 39. The van der Waals surface area contributed by atoms with Crippen LogP contribution in [0, 0.1) is 0 Å². The molecule has 7 rings (SSSR count). The van der Waals surface area contributed by atoms with E-state index in [0.29, 0.717) is 0 Å². The number of methoxy groups -OCH3 is 1. The third kappa shape index (κ3) is 24.5. The van der Waals surface area contributed by atoms with E-state index in [0.717, 1.165) is 27.5 Å². The summed E-state index contributed by atoms with van der Waals surface area (Å²) in [7, 11) is -42.8. The van der Waals surface area contributed by atoms with Gasteiger partial charge >= 0.3 is 83.2 Å². The van der Waals surface area contributed by atoms with Crippen molar-refractivity contribution in [3.8, 4) is 0 Å². The topological polar surface area (TPSA) is 688 Å². The number of rotatable bonds is 34. The van der Waals surface area contributed by atoms with E-state index in [1.165, 1.54) is 6.20 Å². The first kappa shape index (κ1) is 76.9. The van der Waals surface area contributed by atoms with Crippen molar-refractivity contribution in [1.82, 2.24) is 50.2 Å². The molecule has 0 saturated carbocycles. The smallest absolute Gasteiger partial charge is 0.367 e. The minimum atomic E-state index is -5.76. The molecule has 3 aromatic heterocycles. The molecule has 0 aromatic carbocycles. The van der Waals surface area contributed by atoms with Crippen LogP contribution in [0.4, 0.5) is 0 Å². The summed E-state index contributed by atoms with van der Waals surface area (Å²) >= 11 is 12.4. The number of halogens is 2. The van der Waals surface area contributed by atoms with Gasteiger partial charge in [-0.15, -0.1) is 43.6 Å². The Kier molecular flexibility index (Phi) is 25.1. The number of hydrogen-bond donors (Lipinski definition) is 8. The zero-order chi connectivity index (χ0) is 69.1. The van der Waals surface area contributed by atoms with Gasteiger partial charge in [0.2, 0.25) is 5.79 Å². The Hall–Kier alpha value is -3.43. The van der Waals surface area contributed by atoms with Crippen molar-refractivity contribution in [3.05, 3.63) is 29.6 Å². The summed E-state index contributed by atoms with van der Waals surface area (Å²) in [5.74, 6) is -4.13. The Morgan fingerprint density at radius 3 is 1.57 bits per heavy atom. The maximum atomic E-state index is 12.1. The molecule has 0 bridgehead atoms. The summed E-state index contributed by atoms with van der Waals surface area (Å²) in [4.78, 5) is 0.731. The summed E-state index contributed by atoms with van der Waals surface area (Å²) in [6.07, 6.45) is -27.5. The third-order valence-electron chi connectivity index (χ3n) is 12.3. The predicted octanol–water partition coefficient (Wildman–Crippen LogP) is -6.13. The maximum Gasteiger partial charge on any atom is 0.397 e. The Morgan fingerprint density at radius 2 is 1.04 bits per heavy atom. The zero-order valence-corrected chi connectivity index (χ0v) is 53.8. The Bertz CT molecular complexity index is 4000. The van der Waals surface area contributed by atoms with Crippen molar-refractivity contribution in [1.29, 1.82) is 0 Å². The molecule has 4 fully saturated rings. The predicted molar refractivity (Wildman–Crippen MR) is 279 cm³/mol. The molecule has 4 saturated heterocycles. The highest BCUT2D eigenvalue weighted by Crippen LogP contribution is 2.42. The molecule has 50 nitrogen and oxygen atoms in total. The highest BCUT2D eigenvalue weighted by molar-refractivity contribution is 7.82. The molecule has 4 aliphatic rings. The van der Waals surface area contributed by atoms with Crippen molar-refractivity contribution in [2.45, 2.75) is 156 Å². The van der Waals surface area contributed by atoms with Crippen molar-refractivity contribution >= 4 is 106 Å². The highest BCUT2D eigenvalue weighted by atomic mass is 35.5. The fraction of sp³-hybridized carbons (Fsp3) is 0.848. The van der Waals surface area contributed by atoms with Gasteiger partial charge in [0.25, 0.3) is 0 Å². The molecule has 4 aliphatic heterocycles. The lowest BCUT2D eigenvalue weighted by Crippen LogP contribution is -2.63. The second-order valence-corrected chi connectivity index (χ2v) is 28.4. The first-order valence-corrected chi connectivity index (χ1v) is 36.6. The molecular weight excluding hydrogens is 1500 g/mol. The summed E-state index contributed by atoms with van der Waals surface area (Å²) in [5, 5.41) is 24.9. The average Bonchev–Trinajstić information content (AvgIpc) is 1.75. The normalized spacial score (nSPS) is 30.6. The van der Waals surface area contributed by atoms with Crippen molar-refractivity contribution in [2.75, 3.05) is 19.6 Å². The van der Waals surface area contributed by atoms with Gasteiger partial charge in [0.1, 0.15) is 72.9 Å². The van der Waals surface area contributed by atoms with Crippen molar-refractivity contribution in [3.63, 3.8) is 0 Å². The van der Waals surface area contributed by atoms with Gasteiger partial charge in [-0.05, 0) is 5.21 Å². The molecule has 3 aromatic rings. The van der Waals surface area contributed by atoms with E-state index in [1.54, 1.807) is 0 Å². The molecule has 60 heteroatoms. The van der Waals surface area contributed by atoms with Crippen molar-refractivity contribution < 1.29 is 175 Å². The van der Waals surface area contributed by atoms with Gasteiger partial charge in [-0.2, -0.15) is 72.1 Å². The zero-order valence-electron chi connectivity index (χ0n) is 45.7. The first-order valence-electron chi connectivity index (χ1n) is 24.7. The molecule has 0 amide bonds.